The molecule has 7 heteroatoms. The summed E-state index contributed by atoms with van der Waals surface area (Å²) in [5, 5.41) is 1.57. The zero-order valence-corrected chi connectivity index (χ0v) is 11.6. The number of ether oxygens (including phenoxy) is 3. The lowest BCUT2D eigenvalue weighted by Crippen LogP contribution is -2.25. The molecule has 0 spiro atoms. The van der Waals surface area contributed by atoms with Crippen molar-refractivity contribution in [2.24, 2.45) is 0 Å². The molecule has 0 aromatic heterocycles. The molecule has 1 N–H and O–H groups in total. The first-order valence-corrected chi connectivity index (χ1v) is 7.03. The van der Waals surface area contributed by atoms with Gasteiger partial charge in [0.15, 0.2) is 11.5 Å². The van der Waals surface area contributed by atoms with Gasteiger partial charge in [-0.25, -0.2) is 0 Å². The fourth-order valence-corrected chi connectivity index (χ4v) is 3.05. The van der Waals surface area contributed by atoms with Crippen LogP contribution in [0.4, 0.5) is 4.79 Å². The second kappa shape index (κ2) is 5.24. The Kier molecular flexibility index (Phi) is 3.43. The molecule has 0 aliphatic carbocycles. The van der Waals surface area contributed by atoms with E-state index in [4.69, 9.17) is 14.2 Å². The highest BCUT2D eigenvalue weighted by Crippen LogP contribution is 2.41. The monoisotopic (exact) mass is 295 g/mol. The summed E-state index contributed by atoms with van der Waals surface area (Å²) in [5.41, 5.74) is 0.869. The lowest BCUT2D eigenvalue weighted by Gasteiger charge is -2.21. The Hall–Kier alpha value is -1.89. The number of hydrogen-bond donors (Lipinski definition) is 1. The van der Waals surface area contributed by atoms with E-state index in [0.717, 1.165) is 17.3 Å². The van der Waals surface area contributed by atoms with Crippen LogP contribution in [0.3, 0.4) is 0 Å². The number of amides is 2. The van der Waals surface area contributed by atoms with Gasteiger partial charge in [-0.2, -0.15) is 0 Å². The molecule has 1 fully saturated rings. The Labute approximate surface area is 119 Å². The van der Waals surface area contributed by atoms with Crippen molar-refractivity contribution in [2.45, 2.75) is 11.7 Å². The molecule has 0 radical (unpaired) electrons. The molecular weight excluding hydrogens is 282 g/mol. The molecule has 6 nitrogen and oxygen atoms in total. The number of benzene rings is 1. The van der Waals surface area contributed by atoms with E-state index in [1.54, 1.807) is 7.11 Å². The standard InChI is InChI=1S/C13H13NO5S/c1-17-8-4-7(5-9-11(8)19-3-2-18-9)6-10-12(15)14-13(16)20-10/h4-5,10H,2-3,6H2,1H3,(H,14,15,16). The van der Waals surface area contributed by atoms with Crippen molar-refractivity contribution in [2.75, 3.05) is 20.3 Å². The maximum absolute atomic E-state index is 11.6. The number of carbonyl (C=O) groups is 2. The average molecular weight is 295 g/mol. The molecule has 2 amide bonds. The summed E-state index contributed by atoms with van der Waals surface area (Å²) < 4.78 is 16.3. The molecule has 1 aromatic carbocycles. The van der Waals surface area contributed by atoms with Gasteiger partial charge in [0.2, 0.25) is 11.7 Å². The van der Waals surface area contributed by atoms with Gasteiger partial charge >= 0.3 is 0 Å². The Balaban J connectivity index is 1.86. The fourth-order valence-electron chi connectivity index (χ4n) is 2.19. The Bertz CT molecular complexity index is 557. The van der Waals surface area contributed by atoms with Gasteiger partial charge in [0.25, 0.3) is 5.24 Å². The van der Waals surface area contributed by atoms with Gasteiger partial charge in [0.1, 0.15) is 13.2 Å². The van der Waals surface area contributed by atoms with E-state index in [-0.39, 0.29) is 11.1 Å². The highest BCUT2D eigenvalue weighted by molar-refractivity contribution is 8.15. The maximum Gasteiger partial charge on any atom is 0.286 e. The van der Waals surface area contributed by atoms with Crippen LogP contribution < -0.4 is 19.5 Å². The zero-order chi connectivity index (χ0) is 14.1. The summed E-state index contributed by atoms with van der Waals surface area (Å²) in [7, 11) is 1.55. The molecule has 2 aliphatic rings. The van der Waals surface area contributed by atoms with Crippen LogP contribution >= 0.6 is 11.8 Å². The van der Waals surface area contributed by atoms with Gasteiger partial charge in [0.05, 0.1) is 12.4 Å². The molecule has 0 saturated carbocycles. The second-order valence-corrected chi connectivity index (χ2v) is 5.59. The summed E-state index contributed by atoms with van der Waals surface area (Å²) in [6.07, 6.45) is 0.440. The van der Waals surface area contributed by atoms with Gasteiger partial charge < -0.3 is 14.2 Å². The summed E-state index contributed by atoms with van der Waals surface area (Å²) in [4.78, 5) is 22.8. The van der Waals surface area contributed by atoms with E-state index in [9.17, 15) is 9.59 Å². The number of nitrogens with one attached hydrogen (secondary N) is 1. The van der Waals surface area contributed by atoms with Gasteiger partial charge in [-0.3, -0.25) is 14.9 Å². The third kappa shape index (κ3) is 2.40. The highest BCUT2D eigenvalue weighted by Gasteiger charge is 2.32. The van der Waals surface area contributed by atoms with Crippen LogP contribution in [0.2, 0.25) is 0 Å². The molecule has 2 heterocycles. The van der Waals surface area contributed by atoms with Crippen LogP contribution in [0.15, 0.2) is 12.1 Å². The largest absolute Gasteiger partial charge is 0.493 e. The van der Waals surface area contributed by atoms with Crippen molar-refractivity contribution >= 4 is 22.9 Å². The molecule has 20 heavy (non-hydrogen) atoms. The van der Waals surface area contributed by atoms with Crippen molar-refractivity contribution in [1.29, 1.82) is 0 Å². The quantitative estimate of drug-likeness (QED) is 0.907. The third-order valence-corrected chi connectivity index (χ3v) is 4.06. The predicted molar refractivity (Wildman–Crippen MR) is 72.6 cm³/mol. The molecule has 1 unspecified atom stereocenters. The fraction of sp³-hybridized carbons (Fsp3) is 0.385. The molecule has 3 rings (SSSR count). The smallest absolute Gasteiger partial charge is 0.286 e. The number of rotatable bonds is 3. The van der Waals surface area contributed by atoms with E-state index < -0.39 is 5.25 Å². The summed E-state index contributed by atoms with van der Waals surface area (Å²) in [6, 6.07) is 3.64. The first-order chi connectivity index (χ1) is 9.67. The SMILES string of the molecule is COc1cc(CC2SC(=O)NC2=O)cc2c1OCCO2. The predicted octanol–water partition coefficient (Wildman–Crippen LogP) is 1.36. The van der Waals surface area contributed by atoms with Crippen LogP contribution in [-0.2, 0) is 11.2 Å². The minimum Gasteiger partial charge on any atom is -0.493 e. The van der Waals surface area contributed by atoms with Crippen LogP contribution in [0, 0.1) is 0 Å². The third-order valence-electron chi connectivity index (χ3n) is 3.08. The van der Waals surface area contributed by atoms with Crippen molar-refractivity contribution in [3.63, 3.8) is 0 Å². The summed E-state index contributed by atoms with van der Waals surface area (Å²) in [6.45, 7) is 0.967. The molecule has 0 bridgehead atoms. The van der Waals surface area contributed by atoms with Crippen LogP contribution in [-0.4, -0.2) is 36.7 Å². The van der Waals surface area contributed by atoms with Crippen LogP contribution in [0.5, 0.6) is 17.2 Å². The topological polar surface area (TPSA) is 73.9 Å². The van der Waals surface area contributed by atoms with Crippen molar-refractivity contribution in [3.05, 3.63) is 17.7 Å². The Morgan fingerprint density at radius 3 is 2.85 bits per heavy atom. The molecule has 106 valence electrons. The van der Waals surface area contributed by atoms with Gasteiger partial charge in [-0.05, 0) is 24.1 Å². The molecule has 1 aromatic rings. The Morgan fingerprint density at radius 1 is 1.35 bits per heavy atom. The van der Waals surface area contributed by atoms with Gasteiger partial charge in [-0.1, -0.05) is 11.8 Å². The molecule has 1 atom stereocenters. The number of fused-ring (bicyclic) bond motifs is 1. The minimum atomic E-state index is -0.408. The highest BCUT2D eigenvalue weighted by atomic mass is 32.2. The van der Waals surface area contributed by atoms with Gasteiger partial charge in [0, 0.05) is 0 Å². The van der Waals surface area contributed by atoms with Gasteiger partial charge in [-0.15, -0.1) is 0 Å². The van der Waals surface area contributed by atoms with E-state index in [2.05, 4.69) is 5.32 Å². The molecule has 2 aliphatic heterocycles. The molecule has 1 saturated heterocycles. The van der Waals surface area contributed by atoms with Crippen molar-refractivity contribution < 1.29 is 23.8 Å². The van der Waals surface area contributed by atoms with Crippen LogP contribution in [0.25, 0.3) is 0 Å². The summed E-state index contributed by atoms with van der Waals surface area (Å²) >= 11 is 1.01. The van der Waals surface area contributed by atoms with E-state index >= 15 is 0 Å². The van der Waals surface area contributed by atoms with Crippen molar-refractivity contribution in [3.8, 4) is 17.2 Å². The summed E-state index contributed by atoms with van der Waals surface area (Å²) in [5.74, 6) is 1.52. The lowest BCUT2D eigenvalue weighted by atomic mass is 10.1. The molecular formula is C13H13NO5S. The van der Waals surface area contributed by atoms with E-state index in [0.29, 0.717) is 36.9 Å². The van der Waals surface area contributed by atoms with Crippen molar-refractivity contribution in [1.82, 2.24) is 5.32 Å². The zero-order valence-electron chi connectivity index (χ0n) is 10.8. The first kappa shape index (κ1) is 13.1. The van der Waals surface area contributed by atoms with E-state index in [1.807, 2.05) is 12.1 Å². The number of thioether (sulfide) groups is 1. The number of imide groups is 1. The van der Waals surface area contributed by atoms with E-state index in [1.165, 1.54) is 0 Å². The maximum atomic E-state index is 11.6. The first-order valence-electron chi connectivity index (χ1n) is 6.15. The number of carbonyl (C=O) groups excluding carboxylic acids is 2. The lowest BCUT2D eigenvalue weighted by molar-refractivity contribution is -0.118. The number of hydrogen-bond acceptors (Lipinski definition) is 6. The minimum absolute atomic E-state index is 0.256. The average Bonchev–Trinajstić information content (AvgIpc) is 2.76. The second-order valence-electron chi connectivity index (χ2n) is 4.41. The Morgan fingerprint density at radius 2 is 2.15 bits per heavy atom. The normalized spacial score (nSPS) is 20.8. The van der Waals surface area contributed by atoms with Crippen LogP contribution in [0.1, 0.15) is 5.56 Å². The number of methoxy groups -OCH3 is 1.